The second kappa shape index (κ2) is 6.40. The van der Waals surface area contributed by atoms with Crippen molar-refractivity contribution in [3.8, 4) is 0 Å². The fourth-order valence-electron chi connectivity index (χ4n) is 2.21. The predicted molar refractivity (Wildman–Crippen MR) is 78.9 cm³/mol. The molecule has 7 nitrogen and oxygen atoms in total. The first-order valence-electron chi connectivity index (χ1n) is 6.99. The zero-order valence-electron chi connectivity index (χ0n) is 11.8. The Bertz CT molecular complexity index is 718. The number of carbonyl (C=O) groups is 1. The highest BCUT2D eigenvalue weighted by Crippen LogP contribution is 2.13. The third-order valence-electron chi connectivity index (χ3n) is 3.30. The fourth-order valence-corrected chi connectivity index (χ4v) is 2.21. The number of aromatic amines is 1. The van der Waals surface area contributed by atoms with Crippen LogP contribution in [0.5, 0.6) is 0 Å². The highest BCUT2D eigenvalue weighted by molar-refractivity contribution is 5.77. The first kappa shape index (κ1) is 14.3. The van der Waals surface area contributed by atoms with Crippen molar-refractivity contribution in [1.82, 2.24) is 20.3 Å². The summed E-state index contributed by atoms with van der Waals surface area (Å²) in [5, 5.41) is 12.1. The van der Waals surface area contributed by atoms with Crippen molar-refractivity contribution in [3.05, 3.63) is 48.3 Å². The molecule has 0 radical (unpaired) electrons. The molecule has 7 heteroatoms. The van der Waals surface area contributed by atoms with Gasteiger partial charge < -0.3 is 19.8 Å². The van der Waals surface area contributed by atoms with E-state index in [1.807, 2.05) is 12.1 Å². The van der Waals surface area contributed by atoms with Gasteiger partial charge in [-0.3, -0.25) is 4.79 Å². The van der Waals surface area contributed by atoms with Crippen LogP contribution in [0.15, 0.2) is 41.1 Å². The summed E-state index contributed by atoms with van der Waals surface area (Å²) in [7, 11) is 0. The van der Waals surface area contributed by atoms with Crippen LogP contribution in [-0.2, 0) is 11.2 Å². The molecule has 114 valence electrons. The lowest BCUT2D eigenvalue weighted by molar-refractivity contribution is -0.122. The maximum atomic E-state index is 12.0. The standard InChI is InChI=1S/C15H16N4O3/c20-9-11(12-4-2-8-22-12)18-14(21)6-5-13-17-10-3-1-7-16-15(10)19-13/h1-4,7-8,11,20H,5-6,9H2,(H,18,21)(H,16,17,19). The molecule has 0 aliphatic rings. The molecule has 0 aliphatic heterocycles. The largest absolute Gasteiger partial charge is 0.467 e. The van der Waals surface area contributed by atoms with Crippen molar-refractivity contribution in [2.24, 2.45) is 0 Å². The number of amides is 1. The molecule has 0 aromatic carbocycles. The molecule has 0 fully saturated rings. The zero-order valence-corrected chi connectivity index (χ0v) is 11.8. The van der Waals surface area contributed by atoms with Crippen LogP contribution in [0.4, 0.5) is 0 Å². The number of hydrogen-bond acceptors (Lipinski definition) is 5. The number of nitrogens with one attached hydrogen (secondary N) is 2. The number of H-pyrrole nitrogens is 1. The molecule has 3 aromatic heterocycles. The smallest absolute Gasteiger partial charge is 0.221 e. The van der Waals surface area contributed by atoms with Crippen molar-refractivity contribution in [3.63, 3.8) is 0 Å². The minimum Gasteiger partial charge on any atom is -0.467 e. The molecular formula is C15H16N4O3. The number of furan rings is 1. The first-order valence-corrected chi connectivity index (χ1v) is 6.99. The average Bonchev–Trinajstić information content (AvgIpc) is 3.19. The number of rotatable bonds is 6. The second-order valence-corrected chi connectivity index (χ2v) is 4.88. The van der Waals surface area contributed by atoms with E-state index in [9.17, 15) is 9.90 Å². The molecule has 0 spiro atoms. The lowest BCUT2D eigenvalue weighted by Crippen LogP contribution is -2.30. The van der Waals surface area contributed by atoms with Gasteiger partial charge in [0.25, 0.3) is 0 Å². The van der Waals surface area contributed by atoms with Gasteiger partial charge in [-0.1, -0.05) is 0 Å². The van der Waals surface area contributed by atoms with Crippen LogP contribution < -0.4 is 5.32 Å². The molecule has 3 heterocycles. The summed E-state index contributed by atoms with van der Waals surface area (Å²) >= 11 is 0. The summed E-state index contributed by atoms with van der Waals surface area (Å²) in [6, 6.07) is 6.61. The number of aromatic nitrogens is 3. The van der Waals surface area contributed by atoms with Gasteiger partial charge in [-0.05, 0) is 24.3 Å². The Labute approximate surface area is 126 Å². The van der Waals surface area contributed by atoms with Crippen molar-refractivity contribution in [1.29, 1.82) is 0 Å². The molecule has 1 unspecified atom stereocenters. The molecule has 1 amide bonds. The van der Waals surface area contributed by atoms with Gasteiger partial charge in [0, 0.05) is 19.0 Å². The number of nitrogens with zero attached hydrogens (tertiary/aromatic N) is 2. The molecule has 0 bridgehead atoms. The van der Waals surface area contributed by atoms with E-state index in [1.165, 1.54) is 6.26 Å². The minimum atomic E-state index is -0.528. The van der Waals surface area contributed by atoms with E-state index >= 15 is 0 Å². The number of pyridine rings is 1. The van der Waals surface area contributed by atoms with Gasteiger partial charge in [0.15, 0.2) is 5.65 Å². The lowest BCUT2D eigenvalue weighted by Gasteiger charge is -2.13. The van der Waals surface area contributed by atoms with Gasteiger partial charge in [0.2, 0.25) is 5.91 Å². The van der Waals surface area contributed by atoms with E-state index in [1.54, 1.807) is 18.3 Å². The maximum Gasteiger partial charge on any atom is 0.221 e. The lowest BCUT2D eigenvalue weighted by atomic mass is 10.2. The van der Waals surface area contributed by atoms with E-state index in [0.29, 0.717) is 23.7 Å². The summed E-state index contributed by atoms with van der Waals surface area (Å²) in [6.07, 6.45) is 3.91. The van der Waals surface area contributed by atoms with Crippen LogP contribution in [0, 0.1) is 0 Å². The van der Waals surface area contributed by atoms with E-state index < -0.39 is 6.04 Å². The topological polar surface area (TPSA) is 104 Å². The van der Waals surface area contributed by atoms with Gasteiger partial charge >= 0.3 is 0 Å². The van der Waals surface area contributed by atoms with E-state index in [4.69, 9.17) is 4.42 Å². The number of imidazole rings is 1. The monoisotopic (exact) mass is 300 g/mol. The van der Waals surface area contributed by atoms with Crippen molar-refractivity contribution >= 4 is 17.1 Å². The van der Waals surface area contributed by atoms with Crippen LogP contribution in [0.25, 0.3) is 11.2 Å². The number of fused-ring (bicyclic) bond motifs is 1. The minimum absolute atomic E-state index is 0.177. The second-order valence-electron chi connectivity index (χ2n) is 4.88. The molecule has 3 rings (SSSR count). The first-order chi connectivity index (χ1) is 10.8. The van der Waals surface area contributed by atoms with Gasteiger partial charge in [0.05, 0.1) is 18.4 Å². The van der Waals surface area contributed by atoms with Crippen LogP contribution in [-0.4, -0.2) is 32.6 Å². The van der Waals surface area contributed by atoms with Crippen LogP contribution in [0.3, 0.4) is 0 Å². The Morgan fingerprint density at radius 1 is 1.41 bits per heavy atom. The molecule has 1 atom stereocenters. The summed E-state index contributed by atoms with van der Waals surface area (Å²) in [5.74, 6) is 1.06. The molecular weight excluding hydrogens is 284 g/mol. The van der Waals surface area contributed by atoms with E-state index in [0.717, 1.165) is 5.52 Å². The molecule has 22 heavy (non-hydrogen) atoms. The SMILES string of the molecule is O=C(CCc1nc2ncccc2[nH]1)NC(CO)c1ccco1. The summed E-state index contributed by atoms with van der Waals surface area (Å²) < 4.78 is 5.19. The van der Waals surface area contributed by atoms with E-state index in [2.05, 4.69) is 20.3 Å². The zero-order chi connectivity index (χ0) is 15.4. The van der Waals surface area contributed by atoms with Crippen LogP contribution >= 0.6 is 0 Å². The Hall–Kier alpha value is -2.67. The van der Waals surface area contributed by atoms with E-state index in [-0.39, 0.29) is 18.9 Å². The van der Waals surface area contributed by atoms with Crippen molar-refractivity contribution in [2.75, 3.05) is 6.61 Å². The summed E-state index contributed by atoms with van der Waals surface area (Å²) in [5.41, 5.74) is 1.49. The normalized spacial score (nSPS) is 12.4. The summed E-state index contributed by atoms with van der Waals surface area (Å²) in [6.45, 7) is -0.214. The van der Waals surface area contributed by atoms with Gasteiger partial charge in [0.1, 0.15) is 17.6 Å². The molecule has 0 saturated carbocycles. The van der Waals surface area contributed by atoms with Crippen LogP contribution in [0.2, 0.25) is 0 Å². The number of aliphatic hydroxyl groups is 1. The fraction of sp³-hybridized carbons (Fsp3) is 0.267. The number of aryl methyl sites for hydroxylation is 1. The number of hydrogen-bond donors (Lipinski definition) is 3. The third kappa shape index (κ3) is 3.15. The highest BCUT2D eigenvalue weighted by Gasteiger charge is 2.16. The Balaban J connectivity index is 1.57. The molecule has 0 aliphatic carbocycles. The number of carbonyl (C=O) groups excluding carboxylic acids is 1. The quantitative estimate of drug-likeness (QED) is 0.637. The van der Waals surface area contributed by atoms with Crippen molar-refractivity contribution in [2.45, 2.75) is 18.9 Å². The van der Waals surface area contributed by atoms with Gasteiger partial charge in [-0.25, -0.2) is 9.97 Å². The van der Waals surface area contributed by atoms with Gasteiger partial charge in [-0.2, -0.15) is 0 Å². The Kier molecular flexibility index (Phi) is 4.15. The third-order valence-corrected chi connectivity index (χ3v) is 3.30. The molecule has 3 aromatic rings. The summed E-state index contributed by atoms with van der Waals surface area (Å²) in [4.78, 5) is 23.6. The highest BCUT2D eigenvalue weighted by atomic mass is 16.3. The Morgan fingerprint density at radius 3 is 3.05 bits per heavy atom. The van der Waals surface area contributed by atoms with Crippen LogP contribution in [0.1, 0.15) is 24.0 Å². The molecule has 3 N–H and O–H groups in total. The number of aliphatic hydroxyl groups excluding tert-OH is 1. The molecule has 0 saturated heterocycles. The Morgan fingerprint density at radius 2 is 2.32 bits per heavy atom. The van der Waals surface area contributed by atoms with Crippen molar-refractivity contribution < 1.29 is 14.3 Å². The van der Waals surface area contributed by atoms with Gasteiger partial charge in [-0.15, -0.1) is 0 Å². The average molecular weight is 300 g/mol. The predicted octanol–water partition coefficient (Wildman–Crippen LogP) is 1.33. The maximum absolute atomic E-state index is 12.0.